The molecule has 9 heteroatoms. The first-order chi connectivity index (χ1) is 9.49. The van der Waals surface area contributed by atoms with Gasteiger partial charge in [0.25, 0.3) is 5.56 Å². The summed E-state index contributed by atoms with van der Waals surface area (Å²) in [6.07, 6.45) is 1.24. The number of hydrogen-bond donors (Lipinski definition) is 1. The summed E-state index contributed by atoms with van der Waals surface area (Å²) in [5.41, 5.74) is -0.475. The van der Waals surface area contributed by atoms with Gasteiger partial charge in [0, 0.05) is 0 Å². The Kier molecular flexibility index (Phi) is 5.98. The standard InChI is InChI=1S/C11H14ClN3O5/c1-3-20-8(16)5-13-7-4-14-15(6-9(17)19-2)11(18)10(7)12/h4,13H,3,5-6H2,1-2H3. The summed E-state index contributed by atoms with van der Waals surface area (Å²) < 4.78 is 10.0. The molecule has 110 valence electrons. The highest BCUT2D eigenvalue weighted by Crippen LogP contribution is 2.14. The molecule has 1 heterocycles. The molecule has 0 aromatic carbocycles. The topological polar surface area (TPSA) is 99.5 Å². The highest BCUT2D eigenvalue weighted by Gasteiger charge is 2.13. The summed E-state index contributed by atoms with van der Waals surface area (Å²) in [6.45, 7) is 1.45. The second-order valence-corrected chi connectivity index (χ2v) is 3.95. The summed E-state index contributed by atoms with van der Waals surface area (Å²) in [4.78, 5) is 34.1. The Morgan fingerprint density at radius 3 is 2.75 bits per heavy atom. The van der Waals surface area contributed by atoms with E-state index < -0.39 is 17.5 Å². The number of ether oxygens (including phenoxy) is 2. The largest absolute Gasteiger partial charge is 0.468 e. The molecule has 0 spiro atoms. The number of methoxy groups -OCH3 is 1. The van der Waals surface area contributed by atoms with Gasteiger partial charge in [-0.25, -0.2) is 4.68 Å². The summed E-state index contributed by atoms with van der Waals surface area (Å²) >= 11 is 5.85. The Balaban J connectivity index is 2.81. The molecule has 1 aromatic rings. The van der Waals surface area contributed by atoms with Crippen LogP contribution in [0.4, 0.5) is 5.69 Å². The molecule has 0 aliphatic carbocycles. The summed E-state index contributed by atoms with van der Waals surface area (Å²) in [7, 11) is 1.20. The molecule has 0 fully saturated rings. The Labute approximate surface area is 119 Å². The Bertz CT molecular complexity index is 557. The van der Waals surface area contributed by atoms with E-state index in [1.54, 1.807) is 6.92 Å². The summed E-state index contributed by atoms with van der Waals surface area (Å²) in [5.74, 6) is -1.11. The van der Waals surface area contributed by atoms with Crippen molar-refractivity contribution >= 4 is 29.2 Å². The van der Waals surface area contributed by atoms with Crippen LogP contribution in [0, 0.1) is 0 Å². The number of rotatable bonds is 6. The minimum atomic E-state index is -0.661. The average molecular weight is 304 g/mol. The zero-order chi connectivity index (χ0) is 15.1. The minimum Gasteiger partial charge on any atom is -0.468 e. The zero-order valence-corrected chi connectivity index (χ0v) is 11.8. The van der Waals surface area contributed by atoms with Crippen LogP contribution in [-0.4, -0.2) is 42.0 Å². The quantitative estimate of drug-likeness (QED) is 0.741. The van der Waals surface area contributed by atoms with Gasteiger partial charge in [-0.2, -0.15) is 5.10 Å². The van der Waals surface area contributed by atoms with Gasteiger partial charge in [-0.3, -0.25) is 14.4 Å². The van der Waals surface area contributed by atoms with E-state index in [0.29, 0.717) is 0 Å². The monoisotopic (exact) mass is 303 g/mol. The number of anilines is 1. The van der Waals surface area contributed by atoms with Gasteiger partial charge in [0.1, 0.15) is 18.1 Å². The number of carbonyl (C=O) groups excluding carboxylic acids is 2. The van der Waals surface area contributed by atoms with E-state index in [0.717, 1.165) is 4.68 Å². The molecule has 1 N–H and O–H groups in total. The lowest BCUT2D eigenvalue weighted by Crippen LogP contribution is -2.28. The van der Waals surface area contributed by atoms with Crippen LogP contribution < -0.4 is 10.9 Å². The molecule has 1 aromatic heterocycles. The fourth-order valence-electron chi connectivity index (χ4n) is 1.27. The van der Waals surface area contributed by atoms with Crippen molar-refractivity contribution in [3.05, 3.63) is 21.6 Å². The van der Waals surface area contributed by atoms with Crippen LogP contribution in [0.5, 0.6) is 0 Å². The van der Waals surface area contributed by atoms with E-state index in [4.69, 9.17) is 16.3 Å². The van der Waals surface area contributed by atoms with E-state index >= 15 is 0 Å². The Morgan fingerprint density at radius 1 is 1.45 bits per heavy atom. The Morgan fingerprint density at radius 2 is 2.15 bits per heavy atom. The number of nitrogens with one attached hydrogen (secondary N) is 1. The van der Waals surface area contributed by atoms with Crippen molar-refractivity contribution in [1.82, 2.24) is 9.78 Å². The van der Waals surface area contributed by atoms with Gasteiger partial charge in [0.2, 0.25) is 0 Å². The number of halogens is 1. The fraction of sp³-hybridized carbons (Fsp3) is 0.455. The molecule has 0 radical (unpaired) electrons. The van der Waals surface area contributed by atoms with Crippen molar-refractivity contribution in [3.8, 4) is 0 Å². The predicted molar refractivity (Wildman–Crippen MR) is 70.6 cm³/mol. The first-order valence-electron chi connectivity index (χ1n) is 5.71. The third-order valence-corrected chi connectivity index (χ3v) is 2.59. The number of hydrogen-bond acceptors (Lipinski definition) is 7. The molecule has 0 unspecified atom stereocenters. The number of nitrogens with zero attached hydrogens (tertiary/aromatic N) is 2. The molecule has 0 saturated heterocycles. The molecule has 0 atom stereocenters. The normalized spacial score (nSPS) is 9.95. The molecule has 0 amide bonds. The molecule has 20 heavy (non-hydrogen) atoms. The highest BCUT2D eigenvalue weighted by molar-refractivity contribution is 6.33. The minimum absolute atomic E-state index is 0.143. The van der Waals surface area contributed by atoms with Gasteiger partial charge in [0.15, 0.2) is 0 Å². The van der Waals surface area contributed by atoms with Crippen LogP contribution in [0.1, 0.15) is 6.92 Å². The van der Waals surface area contributed by atoms with E-state index in [1.165, 1.54) is 13.3 Å². The van der Waals surface area contributed by atoms with Crippen LogP contribution >= 0.6 is 11.6 Å². The second kappa shape index (κ2) is 7.49. The molecule has 0 aliphatic heterocycles. The summed E-state index contributed by atoms with van der Waals surface area (Å²) in [5, 5.41) is 6.22. The van der Waals surface area contributed by atoms with Crippen molar-refractivity contribution < 1.29 is 19.1 Å². The Hall–Kier alpha value is -2.09. The lowest BCUT2D eigenvalue weighted by atomic mass is 10.4. The SMILES string of the molecule is CCOC(=O)CNc1cnn(CC(=O)OC)c(=O)c1Cl. The van der Waals surface area contributed by atoms with Crippen LogP contribution in [0.25, 0.3) is 0 Å². The molecule has 8 nitrogen and oxygen atoms in total. The van der Waals surface area contributed by atoms with Crippen LogP contribution in [0.3, 0.4) is 0 Å². The van der Waals surface area contributed by atoms with E-state index in [2.05, 4.69) is 15.2 Å². The third-order valence-electron chi connectivity index (χ3n) is 2.22. The van der Waals surface area contributed by atoms with Gasteiger partial charge in [-0.1, -0.05) is 11.6 Å². The number of aromatic nitrogens is 2. The number of esters is 2. The lowest BCUT2D eigenvalue weighted by molar-refractivity contribution is -0.142. The smallest absolute Gasteiger partial charge is 0.327 e. The van der Waals surface area contributed by atoms with Gasteiger partial charge in [-0.05, 0) is 6.92 Å². The van der Waals surface area contributed by atoms with E-state index in [1.807, 2.05) is 0 Å². The van der Waals surface area contributed by atoms with Crippen molar-refractivity contribution in [2.45, 2.75) is 13.5 Å². The molecule has 0 saturated carbocycles. The summed E-state index contributed by atoms with van der Waals surface area (Å²) in [6, 6.07) is 0. The molecule has 0 aliphatic rings. The van der Waals surface area contributed by atoms with Gasteiger partial charge < -0.3 is 14.8 Å². The maximum Gasteiger partial charge on any atom is 0.327 e. The fourth-order valence-corrected chi connectivity index (χ4v) is 1.48. The second-order valence-electron chi connectivity index (χ2n) is 3.57. The average Bonchev–Trinajstić information content (AvgIpc) is 2.43. The van der Waals surface area contributed by atoms with Gasteiger partial charge in [0.05, 0.1) is 25.6 Å². The molecular weight excluding hydrogens is 290 g/mol. The van der Waals surface area contributed by atoms with Gasteiger partial charge in [-0.15, -0.1) is 0 Å². The van der Waals surface area contributed by atoms with Crippen LogP contribution in [0.15, 0.2) is 11.0 Å². The van der Waals surface area contributed by atoms with Crippen molar-refractivity contribution in [3.63, 3.8) is 0 Å². The molecule has 1 rings (SSSR count). The van der Waals surface area contributed by atoms with Gasteiger partial charge >= 0.3 is 11.9 Å². The number of carbonyl (C=O) groups is 2. The van der Waals surface area contributed by atoms with Crippen LogP contribution in [0.2, 0.25) is 5.02 Å². The maximum atomic E-state index is 11.8. The predicted octanol–water partition coefficient (Wildman–Crippen LogP) is 0.0447. The molecular formula is C11H14ClN3O5. The first-order valence-corrected chi connectivity index (χ1v) is 6.09. The highest BCUT2D eigenvalue weighted by atomic mass is 35.5. The van der Waals surface area contributed by atoms with Crippen molar-refractivity contribution in [2.24, 2.45) is 0 Å². The van der Waals surface area contributed by atoms with E-state index in [9.17, 15) is 14.4 Å². The third kappa shape index (κ3) is 4.23. The first kappa shape index (κ1) is 16.0. The zero-order valence-electron chi connectivity index (χ0n) is 11.0. The lowest BCUT2D eigenvalue weighted by Gasteiger charge is -2.09. The molecule has 0 bridgehead atoms. The van der Waals surface area contributed by atoms with Crippen molar-refractivity contribution in [1.29, 1.82) is 0 Å². The van der Waals surface area contributed by atoms with Crippen LogP contribution in [-0.2, 0) is 25.6 Å². The maximum absolute atomic E-state index is 11.8. The van der Waals surface area contributed by atoms with E-state index in [-0.39, 0.29) is 30.4 Å². The van der Waals surface area contributed by atoms with Crippen molar-refractivity contribution in [2.75, 3.05) is 25.6 Å².